The van der Waals surface area contributed by atoms with Gasteiger partial charge in [-0.3, -0.25) is 9.59 Å². The normalized spacial score (nSPS) is 10.3. The van der Waals surface area contributed by atoms with Crippen LogP contribution in [0.1, 0.15) is 26.2 Å². The summed E-state index contributed by atoms with van der Waals surface area (Å²) in [6, 6.07) is 1.55. The summed E-state index contributed by atoms with van der Waals surface area (Å²) in [6.07, 6.45) is 3.39. The number of rotatable bonds is 6. The van der Waals surface area contributed by atoms with Crippen LogP contribution in [0.2, 0.25) is 0 Å². The van der Waals surface area contributed by atoms with E-state index in [2.05, 4.69) is 5.10 Å². The molecule has 0 unspecified atom stereocenters. The number of aryl methyl sites for hydroxylation is 1. The summed E-state index contributed by atoms with van der Waals surface area (Å²) in [6.45, 7) is 2.34. The fourth-order valence-electron chi connectivity index (χ4n) is 1.44. The fraction of sp³-hybridized carbons (Fsp3) is 0.583. The molecule has 0 fully saturated rings. The van der Waals surface area contributed by atoms with E-state index < -0.39 is 0 Å². The Morgan fingerprint density at radius 3 is 2.71 bits per heavy atom. The second-order valence-corrected chi connectivity index (χ2v) is 4.17. The van der Waals surface area contributed by atoms with Gasteiger partial charge in [-0.05, 0) is 6.42 Å². The summed E-state index contributed by atoms with van der Waals surface area (Å²) in [5.74, 6) is 0.225. The Morgan fingerprint density at radius 2 is 2.18 bits per heavy atom. The van der Waals surface area contributed by atoms with Crippen LogP contribution in [-0.4, -0.2) is 29.7 Å². The summed E-state index contributed by atoms with van der Waals surface area (Å²) in [7, 11) is 3.72. The van der Waals surface area contributed by atoms with Gasteiger partial charge in [0.2, 0.25) is 0 Å². The number of anilines is 1. The zero-order valence-electron chi connectivity index (χ0n) is 10.6. The number of nitrogens with zero attached hydrogens (tertiary/aromatic N) is 3. The maximum Gasteiger partial charge on any atom is 0.268 e. The van der Waals surface area contributed by atoms with Crippen LogP contribution in [0.3, 0.4) is 0 Å². The van der Waals surface area contributed by atoms with Crippen LogP contribution >= 0.6 is 0 Å². The molecule has 0 atom stereocenters. The molecule has 0 saturated heterocycles. The highest BCUT2D eigenvalue weighted by molar-refractivity contribution is 5.77. The first-order chi connectivity index (χ1) is 8.04. The third kappa shape index (κ3) is 4.01. The highest BCUT2D eigenvalue weighted by Gasteiger charge is 2.03. The van der Waals surface area contributed by atoms with E-state index in [1.165, 1.54) is 4.68 Å². The molecule has 1 rings (SSSR count). The number of hydrogen-bond donors (Lipinski definition) is 0. The average Bonchev–Trinajstić information content (AvgIpc) is 2.30. The molecule has 1 aromatic rings. The van der Waals surface area contributed by atoms with Crippen LogP contribution < -0.4 is 10.5 Å². The monoisotopic (exact) mass is 237 g/mol. The van der Waals surface area contributed by atoms with Gasteiger partial charge in [-0.15, -0.1) is 0 Å². The van der Waals surface area contributed by atoms with Crippen LogP contribution in [0.15, 0.2) is 17.1 Å². The number of ketones is 1. The zero-order chi connectivity index (χ0) is 12.8. The quantitative estimate of drug-likeness (QED) is 0.742. The molecule has 0 saturated carbocycles. The van der Waals surface area contributed by atoms with Gasteiger partial charge in [0.15, 0.2) is 0 Å². The molecule has 0 spiro atoms. The first-order valence-corrected chi connectivity index (χ1v) is 5.80. The standard InChI is InChI=1S/C12H19N3O2/c1-4-11(16)6-5-7-15-12(17)8-10(9-13-15)14(2)3/h8-9H,4-7H2,1-3H3. The Kier molecular flexibility index (Phi) is 4.87. The molecule has 0 aliphatic carbocycles. The van der Waals surface area contributed by atoms with Gasteiger partial charge < -0.3 is 4.90 Å². The molecular weight excluding hydrogens is 218 g/mol. The van der Waals surface area contributed by atoms with Crippen molar-refractivity contribution < 1.29 is 4.79 Å². The lowest BCUT2D eigenvalue weighted by molar-refractivity contribution is -0.118. The number of Topliss-reactive ketones (excluding diaryl/α,β-unsaturated/α-hetero) is 1. The minimum atomic E-state index is -0.125. The molecule has 17 heavy (non-hydrogen) atoms. The molecule has 5 heteroatoms. The largest absolute Gasteiger partial charge is 0.376 e. The van der Waals surface area contributed by atoms with Crippen LogP contribution in [0.4, 0.5) is 5.69 Å². The van der Waals surface area contributed by atoms with Gasteiger partial charge in [0, 0.05) is 39.5 Å². The molecule has 0 amide bonds. The van der Waals surface area contributed by atoms with E-state index in [0.717, 1.165) is 5.69 Å². The molecule has 0 aliphatic heterocycles. The minimum absolute atomic E-state index is 0.125. The number of aromatic nitrogens is 2. The van der Waals surface area contributed by atoms with Crippen LogP contribution in [-0.2, 0) is 11.3 Å². The summed E-state index contributed by atoms with van der Waals surface area (Å²) in [5, 5.41) is 4.07. The molecule has 1 heterocycles. The van der Waals surface area contributed by atoms with E-state index in [1.54, 1.807) is 12.3 Å². The fourth-order valence-corrected chi connectivity index (χ4v) is 1.44. The maximum atomic E-state index is 11.7. The molecule has 0 bridgehead atoms. The van der Waals surface area contributed by atoms with Crippen LogP contribution in [0.5, 0.6) is 0 Å². The Bertz CT molecular complexity index is 438. The number of carbonyl (C=O) groups is 1. The molecule has 0 radical (unpaired) electrons. The predicted octanol–water partition coefficient (Wildman–Crippen LogP) is 1.07. The molecule has 0 aliphatic rings. The summed E-state index contributed by atoms with van der Waals surface area (Å²) in [5.41, 5.74) is 0.663. The second kappa shape index (κ2) is 6.18. The lowest BCUT2D eigenvalue weighted by Crippen LogP contribution is -2.24. The third-order valence-electron chi connectivity index (χ3n) is 2.59. The van der Waals surface area contributed by atoms with E-state index in [4.69, 9.17) is 0 Å². The summed E-state index contributed by atoms with van der Waals surface area (Å²) >= 11 is 0. The Balaban J connectivity index is 2.61. The van der Waals surface area contributed by atoms with Crippen molar-refractivity contribution in [1.82, 2.24) is 9.78 Å². The summed E-state index contributed by atoms with van der Waals surface area (Å²) < 4.78 is 1.40. The second-order valence-electron chi connectivity index (χ2n) is 4.17. The minimum Gasteiger partial charge on any atom is -0.376 e. The zero-order valence-corrected chi connectivity index (χ0v) is 10.6. The molecule has 0 aromatic carbocycles. The van der Waals surface area contributed by atoms with Gasteiger partial charge in [-0.25, -0.2) is 4.68 Å². The topological polar surface area (TPSA) is 55.2 Å². The van der Waals surface area contributed by atoms with E-state index >= 15 is 0 Å². The van der Waals surface area contributed by atoms with Crippen molar-refractivity contribution >= 4 is 11.5 Å². The third-order valence-corrected chi connectivity index (χ3v) is 2.59. The predicted molar refractivity (Wildman–Crippen MR) is 67.4 cm³/mol. The van der Waals surface area contributed by atoms with E-state index in [9.17, 15) is 9.59 Å². The molecule has 94 valence electrons. The molecule has 1 aromatic heterocycles. The van der Waals surface area contributed by atoms with Gasteiger partial charge in [0.05, 0.1) is 11.9 Å². The SMILES string of the molecule is CCC(=O)CCCn1ncc(N(C)C)cc1=O. The summed E-state index contributed by atoms with van der Waals surface area (Å²) in [4.78, 5) is 24.6. The van der Waals surface area contributed by atoms with Gasteiger partial charge in [0.1, 0.15) is 5.78 Å². The van der Waals surface area contributed by atoms with Gasteiger partial charge >= 0.3 is 0 Å². The van der Waals surface area contributed by atoms with E-state index in [1.807, 2.05) is 25.9 Å². The first-order valence-electron chi connectivity index (χ1n) is 5.80. The number of carbonyl (C=O) groups excluding carboxylic acids is 1. The average molecular weight is 237 g/mol. The van der Waals surface area contributed by atoms with Gasteiger partial charge in [-0.2, -0.15) is 5.10 Å². The lowest BCUT2D eigenvalue weighted by Gasteiger charge is -2.12. The van der Waals surface area contributed by atoms with Crippen molar-refractivity contribution in [1.29, 1.82) is 0 Å². The molecular formula is C12H19N3O2. The van der Waals surface area contributed by atoms with Crippen molar-refractivity contribution in [3.05, 3.63) is 22.6 Å². The van der Waals surface area contributed by atoms with Crippen molar-refractivity contribution in [2.24, 2.45) is 0 Å². The highest BCUT2D eigenvalue weighted by atomic mass is 16.1. The van der Waals surface area contributed by atoms with Crippen LogP contribution in [0, 0.1) is 0 Å². The Labute approximate surface area is 101 Å². The van der Waals surface area contributed by atoms with E-state index in [0.29, 0.717) is 25.8 Å². The van der Waals surface area contributed by atoms with Crippen molar-refractivity contribution in [2.45, 2.75) is 32.7 Å². The van der Waals surface area contributed by atoms with Crippen molar-refractivity contribution in [2.75, 3.05) is 19.0 Å². The molecule has 5 nitrogen and oxygen atoms in total. The highest BCUT2D eigenvalue weighted by Crippen LogP contribution is 2.04. The Hall–Kier alpha value is -1.65. The maximum absolute atomic E-state index is 11.7. The lowest BCUT2D eigenvalue weighted by atomic mass is 10.2. The molecule has 0 N–H and O–H groups in total. The smallest absolute Gasteiger partial charge is 0.268 e. The first kappa shape index (κ1) is 13.4. The Morgan fingerprint density at radius 1 is 1.47 bits per heavy atom. The van der Waals surface area contributed by atoms with Crippen molar-refractivity contribution in [3.63, 3.8) is 0 Å². The van der Waals surface area contributed by atoms with Gasteiger partial charge in [-0.1, -0.05) is 6.92 Å². The van der Waals surface area contributed by atoms with Crippen molar-refractivity contribution in [3.8, 4) is 0 Å². The van der Waals surface area contributed by atoms with Crippen LogP contribution in [0.25, 0.3) is 0 Å². The van der Waals surface area contributed by atoms with Gasteiger partial charge in [0.25, 0.3) is 5.56 Å². The number of hydrogen-bond acceptors (Lipinski definition) is 4. The van der Waals surface area contributed by atoms with E-state index in [-0.39, 0.29) is 11.3 Å².